The van der Waals surface area contributed by atoms with E-state index in [4.69, 9.17) is 11.6 Å². The van der Waals surface area contributed by atoms with Crippen LogP contribution in [0.3, 0.4) is 0 Å². The first-order valence-corrected chi connectivity index (χ1v) is 8.17. The summed E-state index contributed by atoms with van der Waals surface area (Å²) in [6.07, 6.45) is 0. The maximum atomic E-state index is 12.2. The van der Waals surface area contributed by atoms with Crippen LogP contribution in [0, 0.1) is 10.1 Å². The predicted molar refractivity (Wildman–Crippen MR) is 83.1 cm³/mol. The number of nitro groups is 1. The summed E-state index contributed by atoms with van der Waals surface area (Å²) in [5.41, 5.74) is -0.560. The van der Waals surface area contributed by atoms with Gasteiger partial charge < -0.3 is 0 Å². The zero-order valence-electron chi connectivity index (χ0n) is 10.3. The zero-order valence-corrected chi connectivity index (χ0v) is 13.4. The molecule has 0 aliphatic heterocycles. The predicted octanol–water partition coefficient (Wildman–Crippen LogP) is 3.81. The Balaban J connectivity index is 2.43. The van der Waals surface area contributed by atoms with Crippen molar-refractivity contribution in [2.45, 2.75) is 4.90 Å². The lowest BCUT2D eigenvalue weighted by molar-refractivity contribution is -0.383. The van der Waals surface area contributed by atoms with Crippen molar-refractivity contribution in [3.63, 3.8) is 0 Å². The second-order valence-electron chi connectivity index (χ2n) is 3.98. The summed E-state index contributed by atoms with van der Waals surface area (Å²) in [6.45, 7) is 0. The zero-order chi connectivity index (χ0) is 15.6. The minimum absolute atomic E-state index is 0.0139. The highest BCUT2D eigenvalue weighted by Crippen LogP contribution is 2.29. The van der Waals surface area contributed by atoms with Gasteiger partial charge in [-0.25, -0.2) is 8.42 Å². The van der Waals surface area contributed by atoms with Gasteiger partial charge in [0.15, 0.2) is 0 Å². The summed E-state index contributed by atoms with van der Waals surface area (Å²) in [4.78, 5) is 10.2. The summed E-state index contributed by atoms with van der Waals surface area (Å²) >= 11 is 8.95. The van der Waals surface area contributed by atoms with Crippen LogP contribution in [0.4, 0.5) is 11.4 Å². The van der Waals surface area contributed by atoms with E-state index in [0.29, 0.717) is 0 Å². The lowest BCUT2D eigenvalue weighted by atomic mass is 10.3. The third kappa shape index (κ3) is 3.72. The van der Waals surface area contributed by atoms with E-state index in [2.05, 4.69) is 20.7 Å². The minimum Gasteiger partial charge on any atom is -0.273 e. The summed E-state index contributed by atoms with van der Waals surface area (Å²) in [5.74, 6) is 0. The molecule has 6 nitrogen and oxygen atoms in total. The smallest absolute Gasteiger partial charge is 0.273 e. The van der Waals surface area contributed by atoms with Crippen LogP contribution in [0.25, 0.3) is 0 Å². The van der Waals surface area contributed by atoms with Crippen LogP contribution in [-0.2, 0) is 10.0 Å². The van der Waals surface area contributed by atoms with E-state index in [1.165, 1.54) is 24.3 Å². The number of halogens is 2. The highest BCUT2D eigenvalue weighted by Gasteiger charge is 2.21. The normalized spacial score (nSPS) is 11.1. The molecule has 0 aliphatic rings. The molecule has 0 aliphatic carbocycles. The van der Waals surface area contributed by atoms with Gasteiger partial charge in [-0.15, -0.1) is 0 Å². The summed E-state index contributed by atoms with van der Waals surface area (Å²) in [7, 11) is -3.94. The molecule has 0 atom stereocenters. The first-order chi connectivity index (χ1) is 9.79. The van der Waals surface area contributed by atoms with E-state index in [-0.39, 0.29) is 21.3 Å². The molecule has 2 aromatic rings. The molecule has 0 fully saturated rings. The number of nitro benzene ring substituents is 1. The fraction of sp³-hybridized carbons (Fsp3) is 0. The van der Waals surface area contributed by atoms with Gasteiger partial charge in [-0.3, -0.25) is 14.8 Å². The fourth-order valence-electron chi connectivity index (χ4n) is 1.57. The average molecular weight is 392 g/mol. The monoisotopic (exact) mass is 390 g/mol. The molecule has 110 valence electrons. The SMILES string of the molecule is O=[N+]([O-])c1ccc(Cl)cc1NS(=O)(=O)c1ccc(Br)cc1. The Morgan fingerprint density at radius 2 is 1.76 bits per heavy atom. The molecule has 2 rings (SSSR count). The first-order valence-electron chi connectivity index (χ1n) is 5.52. The molecule has 0 bridgehead atoms. The molecule has 0 aromatic heterocycles. The average Bonchev–Trinajstić information content (AvgIpc) is 2.38. The van der Waals surface area contributed by atoms with Gasteiger partial charge in [0.05, 0.1) is 9.82 Å². The van der Waals surface area contributed by atoms with E-state index < -0.39 is 14.9 Å². The van der Waals surface area contributed by atoms with Crippen LogP contribution < -0.4 is 4.72 Å². The Morgan fingerprint density at radius 3 is 2.33 bits per heavy atom. The number of benzene rings is 2. The van der Waals surface area contributed by atoms with E-state index in [1.54, 1.807) is 12.1 Å². The molecular formula is C12H8BrClN2O4S. The van der Waals surface area contributed by atoms with Crippen LogP contribution in [0.15, 0.2) is 51.8 Å². The Bertz CT molecular complexity index is 793. The van der Waals surface area contributed by atoms with Crippen molar-refractivity contribution < 1.29 is 13.3 Å². The van der Waals surface area contributed by atoms with Crippen LogP contribution >= 0.6 is 27.5 Å². The molecule has 0 heterocycles. The van der Waals surface area contributed by atoms with Crippen molar-refractivity contribution in [3.05, 3.63) is 62.1 Å². The molecule has 0 spiro atoms. The molecule has 21 heavy (non-hydrogen) atoms. The summed E-state index contributed by atoms with van der Waals surface area (Å²) < 4.78 is 27.3. The molecule has 9 heteroatoms. The number of hydrogen-bond donors (Lipinski definition) is 1. The van der Waals surface area contributed by atoms with Crippen molar-refractivity contribution in [1.82, 2.24) is 0 Å². The summed E-state index contributed by atoms with van der Waals surface area (Å²) in [6, 6.07) is 9.52. The largest absolute Gasteiger partial charge is 0.293 e. The van der Waals surface area contributed by atoms with Crippen molar-refractivity contribution in [3.8, 4) is 0 Å². The van der Waals surface area contributed by atoms with E-state index in [9.17, 15) is 18.5 Å². The highest BCUT2D eigenvalue weighted by molar-refractivity contribution is 9.10. The quantitative estimate of drug-likeness (QED) is 0.634. The first kappa shape index (κ1) is 15.7. The van der Waals surface area contributed by atoms with Crippen LogP contribution in [-0.4, -0.2) is 13.3 Å². The van der Waals surface area contributed by atoms with Crippen molar-refractivity contribution >= 4 is 48.9 Å². The Labute approximate surface area is 134 Å². The Kier molecular flexibility index (Phi) is 4.50. The Hall–Kier alpha value is -1.64. The van der Waals surface area contributed by atoms with Crippen molar-refractivity contribution in [2.24, 2.45) is 0 Å². The number of sulfonamides is 1. The number of rotatable bonds is 4. The van der Waals surface area contributed by atoms with Gasteiger partial charge in [-0.05, 0) is 36.4 Å². The van der Waals surface area contributed by atoms with Crippen molar-refractivity contribution in [2.75, 3.05) is 4.72 Å². The molecular weight excluding hydrogens is 384 g/mol. The number of nitrogens with one attached hydrogen (secondary N) is 1. The van der Waals surface area contributed by atoms with Crippen LogP contribution in [0.1, 0.15) is 0 Å². The molecule has 0 saturated carbocycles. The van der Waals surface area contributed by atoms with Gasteiger partial charge in [0.2, 0.25) is 0 Å². The van der Waals surface area contributed by atoms with E-state index in [0.717, 1.165) is 10.5 Å². The second-order valence-corrected chi connectivity index (χ2v) is 7.01. The maximum absolute atomic E-state index is 12.2. The third-order valence-corrected chi connectivity index (χ3v) is 4.67. The lowest BCUT2D eigenvalue weighted by Crippen LogP contribution is -2.14. The second kappa shape index (κ2) is 6.00. The van der Waals surface area contributed by atoms with Crippen LogP contribution in [0.5, 0.6) is 0 Å². The maximum Gasteiger partial charge on any atom is 0.293 e. The number of anilines is 1. The standard InChI is InChI=1S/C12H8BrClN2O4S/c13-8-1-4-10(5-2-8)21(19,20)15-11-7-9(14)3-6-12(11)16(17)18/h1-7,15H. The lowest BCUT2D eigenvalue weighted by Gasteiger charge is -2.09. The van der Waals surface area contributed by atoms with Crippen molar-refractivity contribution in [1.29, 1.82) is 0 Å². The highest BCUT2D eigenvalue weighted by atomic mass is 79.9. The molecule has 0 amide bonds. The van der Waals surface area contributed by atoms with E-state index in [1.807, 2.05) is 0 Å². The van der Waals surface area contributed by atoms with E-state index >= 15 is 0 Å². The number of hydrogen-bond acceptors (Lipinski definition) is 4. The van der Waals surface area contributed by atoms with Gasteiger partial charge in [-0.1, -0.05) is 27.5 Å². The molecule has 0 unspecified atom stereocenters. The minimum atomic E-state index is -3.94. The number of nitrogens with zero attached hydrogens (tertiary/aromatic N) is 1. The van der Waals surface area contributed by atoms with Crippen LogP contribution in [0.2, 0.25) is 5.02 Å². The molecule has 1 N–H and O–H groups in total. The topological polar surface area (TPSA) is 89.3 Å². The van der Waals surface area contributed by atoms with Gasteiger partial charge in [0, 0.05) is 15.6 Å². The van der Waals surface area contributed by atoms with Gasteiger partial charge in [0.25, 0.3) is 15.7 Å². The molecule has 0 radical (unpaired) electrons. The van der Waals surface area contributed by atoms with Gasteiger partial charge >= 0.3 is 0 Å². The fourth-order valence-corrected chi connectivity index (χ4v) is 3.07. The summed E-state index contributed by atoms with van der Waals surface area (Å²) in [5, 5.41) is 11.1. The Morgan fingerprint density at radius 1 is 1.14 bits per heavy atom. The molecule has 2 aromatic carbocycles. The van der Waals surface area contributed by atoms with Gasteiger partial charge in [0.1, 0.15) is 5.69 Å². The molecule has 0 saturated heterocycles. The van der Waals surface area contributed by atoms with Gasteiger partial charge in [-0.2, -0.15) is 0 Å². The third-order valence-electron chi connectivity index (χ3n) is 2.52.